The molecule has 0 aromatic rings. The maximum atomic E-state index is 2.25. The van der Waals surface area contributed by atoms with Gasteiger partial charge in [-0.2, -0.15) is 0 Å². The SMILES string of the molecule is C[N](C)[Ge][N](C)C.Cl.Cl. The Morgan fingerprint density at radius 1 is 0.778 bits per heavy atom. The van der Waals surface area contributed by atoms with Gasteiger partial charge in [-0.05, 0) is 0 Å². The van der Waals surface area contributed by atoms with Crippen LogP contribution in [0.25, 0.3) is 0 Å². The maximum Gasteiger partial charge on any atom is -0.147 e. The van der Waals surface area contributed by atoms with E-state index in [0.29, 0.717) is 0 Å². The Balaban J connectivity index is -0.000000180. The Bertz CT molecular complexity index is 45.8. The van der Waals surface area contributed by atoms with Crippen molar-refractivity contribution in [3.8, 4) is 0 Å². The van der Waals surface area contributed by atoms with E-state index in [2.05, 4.69) is 35.9 Å². The first kappa shape index (κ1) is 16.6. The first-order valence-corrected chi connectivity index (χ1v) is 4.11. The summed E-state index contributed by atoms with van der Waals surface area (Å²) in [5, 5.41) is 0. The molecule has 0 aromatic heterocycles. The Morgan fingerprint density at radius 3 is 1.00 bits per heavy atom. The first-order chi connectivity index (χ1) is 3.13. The van der Waals surface area contributed by atoms with Gasteiger partial charge in [0.2, 0.25) is 0 Å². The molecule has 0 unspecified atom stereocenters. The molecular weight excluding hydrogens is 220 g/mol. The van der Waals surface area contributed by atoms with Gasteiger partial charge in [0, 0.05) is 0 Å². The fourth-order valence-corrected chi connectivity index (χ4v) is 2.08. The third-order valence-corrected chi connectivity index (χ3v) is 2.08. The third-order valence-electron chi connectivity index (χ3n) is 0.400. The molecule has 0 rings (SSSR count). The fraction of sp³-hybridized carbons (Fsp3) is 1.00. The largest absolute Gasteiger partial charge is 0.147 e. The van der Waals surface area contributed by atoms with E-state index in [1.54, 1.807) is 0 Å². The molecule has 0 aliphatic heterocycles. The summed E-state index contributed by atoms with van der Waals surface area (Å²) in [5.41, 5.74) is 0. The van der Waals surface area contributed by atoms with Crippen molar-refractivity contribution in [2.45, 2.75) is 0 Å². The minimum atomic E-state index is 0. The van der Waals surface area contributed by atoms with E-state index in [0.717, 1.165) is 0 Å². The number of nitrogens with zero attached hydrogens (tertiary/aromatic N) is 2. The van der Waals surface area contributed by atoms with Crippen molar-refractivity contribution in [2.75, 3.05) is 28.2 Å². The van der Waals surface area contributed by atoms with Crippen molar-refractivity contribution < 1.29 is 0 Å². The van der Waals surface area contributed by atoms with E-state index in [-0.39, 0.29) is 40.7 Å². The number of hydrogen-bond donors (Lipinski definition) is 0. The Kier molecular flexibility index (Phi) is 16.6. The second-order valence-corrected chi connectivity index (χ2v) is 6.06. The van der Waals surface area contributed by atoms with Gasteiger partial charge < -0.3 is 0 Å². The molecule has 0 atom stereocenters. The van der Waals surface area contributed by atoms with Crippen LogP contribution in [0.1, 0.15) is 0 Å². The van der Waals surface area contributed by atoms with Gasteiger partial charge in [0.05, 0.1) is 0 Å². The quantitative estimate of drug-likeness (QED) is 0.641. The van der Waals surface area contributed by atoms with Gasteiger partial charge in [0.25, 0.3) is 0 Å². The van der Waals surface area contributed by atoms with Crippen LogP contribution < -0.4 is 0 Å². The van der Waals surface area contributed by atoms with Crippen LogP contribution in [-0.4, -0.2) is 51.8 Å². The minimum absolute atomic E-state index is 0. The third kappa shape index (κ3) is 17.6. The molecule has 0 saturated heterocycles. The first-order valence-electron chi connectivity index (χ1n) is 2.24. The molecule has 9 heavy (non-hydrogen) atoms. The average Bonchev–Trinajstić information content (AvgIpc) is 1.27. The molecule has 0 amide bonds. The molecule has 0 spiro atoms. The molecule has 0 N–H and O–H groups in total. The summed E-state index contributed by atoms with van der Waals surface area (Å²) in [6.45, 7) is 0. The summed E-state index contributed by atoms with van der Waals surface area (Å²) in [6, 6.07) is 0. The molecule has 0 bridgehead atoms. The van der Waals surface area contributed by atoms with Gasteiger partial charge in [0.1, 0.15) is 0 Å². The Labute approximate surface area is 76.7 Å². The molecular formula is C4H14Cl2GeN2. The zero-order valence-electron chi connectivity index (χ0n) is 6.21. The predicted octanol–water partition coefficient (Wildman–Crippen LogP) is 0.487. The molecule has 58 valence electrons. The molecule has 0 aliphatic carbocycles. The summed E-state index contributed by atoms with van der Waals surface area (Å²) >= 11 is 0.0556. The van der Waals surface area contributed by atoms with Crippen LogP contribution in [0.4, 0.5) is 0 Å². The molecule has 0 aliphatic rings. The maximum absolute atomic E-state index is 2.25. The number of rotatable bonds is 2. The van der Waals surface area contributed by atoms with Gasteiger partial charge in [-0.15, -0.1) is 24.8 Å². The van der Waals surface area contributed by atoms with Gasteiger partial charge in [-0.1, -0.05) is 0 Å². The van der Waals surface area contributed by atoms with Crippen LogP contribution >= 0.6 is 24.8 Å². The topological polar surface area (TPSA) is 6.48 Å². The van der Waals surface area contributed by atoms with Crippen LogP contribution in [0.2, 0.25) is 0 Å². The van der Waals surface area contributed by atoms with E-state index in [1.165, 1.54) is 0 Å². The summed E-state index contributed by atoms with van der Waals surface area (Å²) in [5.74, 6) is 0. The van der Waals surface area contributed by atoms with Crippen LogP contribution in [0.5, 0.6) is 0 Å². The minimum Gasteiger partial charge on any atom is -0.147 e. The fourth-order valence-electron chi connectivity index (χ4n) is 0.400. The second-order valence-electron chi connectivity index (χ2n) is 1.89. The number of halogens is 2. The van der Waals surface area contributed by atoms with Crippen LogP contribution in [-0.2, 0) is 0 Å². The average molecular weight is 234 g/mol. The summed E-state index contributed by atoms with van der Waals surface area (Å²) in [4.78, 5) is 0. The van der Waals surface area contributed by atoms with Crippen molar-refractivity contribution in [3.05, 3.63) is 0 Å². The number of hydrogen-bond acceptors (Lipinski definition) is 2. The van der Waals surface area contributed by atoms with Crippen LogP contribution in [0.15, 0.2) is 0 Å². The van der Waals surface area contributed by atoms with Crippen molar-refractivity contribution in [2.24, 2.45) is 0 Å². The molecule has 0 fully saturated rings. The normalized spacial score (nSPS) is 8.67. The van der Waals surface area contributed by atoms with E-state index in [4.69, 9.17) is 0 Å². The van der Waals surface area contributed by atoms with Gasteiger partial charge in [-0.3, -0.25) is 0 Å². The van der Waals surface area contributed by atoms with Crippen LogP contribution in [0, 0.1) is 0 Å². The second kappa shape index (κ2) is 9.04. The monoisotopic (exact) mass is 234 g/mol. The summed E-state index contributed by atoms with van der Waals surface area (Å²) in [7, 11) is 8.44. The Hall–Kier alpha value is 1.04. The van der Waals surface area contributed by atoms with Gasteiger partial charge >= 0.3 is 51.8 Å². The van der Waals surface area contributed by atoms with Crippen molar-refractivity contribution in [1.29, 1.82) is 0 Å². The summed E-state index contributed by atoms with van der Waals surface area (Å²) < 4.78 is 4.50. The zero-order chi connectivity index (χ0) is 5.86. The Morgan fingerprint density at radius 2 is 1.00 bits per heavy atom. The molecule has 0 saturated carbocycles. The smallest absolute Gasteiger partial charge is 0.147 e. The van der Waals surface area contributed by atoms with Crippen molar-refractivity contribution in [1.82, 2.24) is 7.71 Å². The molecule has 5 heteroatoms. The standard InChI is InChI=1S/C4H12GeN2.2ClH/c1-6(2)5-7(3)4;;/h1-4H3;2*1H. The molecule has 0 heterocycles. The van der Waals surface area contributed by atoms with Crippen molar-refractivity contribution in [3.63, 3.8) is 0 Å². The zero-order valence-corrected chi connectivity index (χ0v) is 9.94. The van der Waals surface area contributed by atoms with E-state index < -0.39 is 0 Å². The van der Waals surface area contributed by atoms with Crippen molar-refractivity contribution >= 4 is 40.7 Å². The van der Waals surface area contributed by atoms with Gasteiger partial charge in [0.15, 0.2) is 0 Å². The van der Waals surface area contributed by atoms with E-state index >= 15 is 0 Å². The summed E-state index contributed by atoms with van der Waals surface area (Å²) in [6.07, 6.45) is 0. The van der Waals surface area contributed by atoms with E-state index in [9.17, 15) is 0 Å². The van der Waals surface area contributed by atoms with E-state index in [1.807, 2.05) is 0 Å². The molecule has 0 aromatic carbocycles. The molecule has 2 nitrogen and oxygen atoms in total. The van der Waals surface area contributed by atoms with Crippen LogP contribution in [0.3, 0.4) is 0 Å². The predicted molar refractivity (Wildman–Crippen MR) is 47.6 cm³/mol. The van der Waals surface area contributed by atoms with Gasteiger partial charge in [-0.25, -0.2) is 0 Å². The molecule has 2 radical (unpaired) electrons.